The van der Waals surface area contributed by atoms with Crippen LogP contribution in [0.1, 0.15) is 55.8 Å². The standard InChI is InChI=1S/C17H21ClF3NO/c1-2-3-4-5-6-9-12-22-16(17(19,20)21)15(23)13-10-7-8-11-14(13)18/h7-8,10-11H,2-6,9,12H2,1H3. The van der Waals surface area contributed by atoms with Gasteiger partial charge in [0.15, 0.2) is 5.71 Å². The highest BCUT2D eigenvalue weighted by atomic mass is 35.5. The van der Waals surface area contributed by atoms with Gasteiger partial charge in [0.2, 0.25) is 5.78 Å². The van der Waals surface area contributed by atoms with Crippen LogP contribution in [0.3, 0.4) is 0 Å². The van der Waals surface area contributed by atoms with E-state index in [-0.39, 0.29) is 17.1 Å². The van der Waals surface area contributed by atoms with Gasteiger partial charge in [0.25, 0.3) is 0 Å². The first-order valence-corrected chi connectivity index (χ1v) is 8.16. The van der Waals surface area contributed by atoms with Crippen LogP contribution in [-0.4, -0.2) is 24.2 Å². The fourth-order valence-corrected chi connectivity index (χ4v) is 2.37. The van der Waals surface area contributed by atoms with Gasteiger partial charge in [-0.15, -0.1) is 0 Å². The Balaban J connectivity index is 2.72. The Morgan fingerprint density at radius 2 is 1.70 bits per heavy atom. The molecule has 0 aliphatic carbocycles. The molecule has 0 bridgehead atoms. The van der Waals surface area contributed by atoms with Crippen LogP contribution in [0.5, 0.6) is 0 Å². The van der Waals surface area contributed by atoms with E-state index in [1.807, 2.05) is 0 Å². The van der Waals surface area contributed by atoms with Gasteiger partial charge >= 0.3 is 6.18 Å². The first-order valence-electron chi connectivity index (χ1n) is 7.78. The van der Waals surface area contributed by atoms with E-state index in [1.165, 1.54) is 18.2 Å². The van der Waals surface area contributed by atoms with E-state index >= 15 is 0 Å². The normalized spacial score (nSPS) is 12.5. The SMILES string of the molecule is CCCCCCCCN=C(C(=O)c1ccccc1Cl)C(F)(F)F. The average Bonchev–Trinajstić information content (AvgIpc) is 2.48. The molecule has 0 atom stereocenters. The smallest absolute Gasteiger partial charge is 0.287 e. The Morgan fingerprint density at radius 1 is 1.09 bits per heavy atom. The van der Waals surface area contributed by atoms with Gasteiger partial charge < -0.3 is 0 Å². The number of hydrogen-bond donors (Lipinski definition) is 0. The highest BCUT2D eigenvalue weighted by Gasteiger charge is 2.41. The van der Waals surface area contributed by atoms with Gasteiger partial charge in [0.1, 0.15) is 0 Å². The fourth-order valence-electron chi connectivity index (χ4n) is 2.15. The van der Waals surface area contributed by atoms with E-state index in [1.54, 1.807) is 6.07 Å². The number of aliphatic imine (C=N–C) groups is 1. The summed E-state index contributed by atoms with van der Waals surface area (Å²) in [6.07, 6.45) is 0.866. The third kappa shape index (κ3) is 6.73. The molecule has 128 valence electrons. The van der Waals surface area contributed by atoms with E-state index in [4.69, 9.17) is 11.6 Å². The lowest BCUT2D eigenvalue weighted by atomic mass is 10.1. The van der Waals surface area contributed by atoms with Crippen molar-refractivity contribution in [2.75, 3.05) is 6.54 Å². The van der Waals surface area contributed by atoms with Gasteiger partial charge in [0.05, 0.1) is 5.02 Å². The van der Waals surface area contributed by atoms with Crippen LogP contribution in [-0.2, 0) is 0 Å². The van der Waals surface area contributed by atoms with Gasteiger partial charge in [-0.1, -0.05) is 62.8 Å². The highest BCUT2D eigenvalue weighted by Crippen LogP contribution is 2.24. The van der Waals surface area contributed by atoms with Crippen molar-refractivity contribution in [3.63, 3.8) is 0 Å². The molecule has 0 N–H and O–H groups in total. The van der Waals surface area contributed by atoms with Gasteiger partial charge in [0, 0.05) is 12.1 Å². The van der Waals surface area contributed by atoms with E-state index < -0.39 is 17.7 Å². The van der Waals surface area contributed by atoms with Crippen LogP contribution in [0.2, 0.25) is 5.02 Å². The van der Waals surface area contributed by atoms with Gasteiger partial charge in [-0.05, 0) is 18.6 Å². The van der Waals surface area contributed by atoms with Gasteiger partial charge in [-0.25, -0.2) is 0 Å². The second-order valence-electron chi connectivity index (χ2n) is 5.30. The Kier molecular flexibility index (Phi) is 8.31. The van der Waals surface area contributed by atoms with Crippen LogP contribution in [0.4, 0.5) is 13.2 Å². The number of nitrogens with zero attached hydrogens (tertiary/aromatic N) is 1. The van der Waals surface area contributed by atoms with Crippen LogP contribution >= 0.6 is 11.6 Å². The number of halogens is 4. The van der Waals surface area contributed by atoms with Gasteiger partial charge in [-0.2, -0.15) is 13.2 Å². The number of unbranched alkanes of at least 4 members (excludes halogenated alkanes) is 5. The second kappa shape index (κ2) is 9.71. The van der Waals surface area contributed by atoms with Crippen molar-refractivity contribution < 1.29 is 18.0 Å². The zero-order valence-electron chi connectivity index (χ0n) is 13.1. The third-order valence-corrected chi connectivity index (χ3v) is 3.71. The molecule has 1 aromatic rings. The summed E-state index contributed by atoms with van der Waals surface area (Å²) in [5.74, 6) is -1.17. The summed E-state index contributed by atoms with van der Waals surface area (Å²) in [6.45, 7) is 2.09. The first-order chi connectivity index (χ1) is 10.9. The Morgan fingerprint density at radius 3 is 2.30 bits per heavy atom. The van der Waals surface area contributed by atoms with Crippen molar-refractivity contribution in [1.29, 1.82) is 0 Å². The van der Waals surface area contributed by atoms with Gasteiger partial charge in [-0.3, -0.25) is 9.79 Å². The molecular formula is C17H21ClF3NO. The number of rotatable bonds is 9. The molecule has 0 aliphatic rings. The average molecular weight is 348 g/mol. The molecule has 0 aromatic heterocycles. The number of carbonyl (C=O) groups excluding carboxylic acids is 1. The van der Waals surface area contributed by atoms with Crippen molar-refractivity contribution in [2.24, 2.45) is 4.99 Å². The van der Waals surface area contributed by atoms with Crippen molar-refractivity contribution in [2.45, 2.75) is 51.6 Å². The molecule has 2 nitrogen and oxygen atoms in total. The van der Waals surface area contributed by atoms with E-state index in [2.05, 4.69) is 11.9 Å². The maximum Gasteiger partial charge on any atom is 0.436 e. The minimum Gasteiger partial charge on any atom is -0.287 e. The largest absolute Gasteiger partial charge is 0.436 e. The van der Waals surface area contributed by atoms with E-state index in [0.29, 0.717) is 6.42 Å². The van der Waals surface area contributed by atoms with E-state index in [9.17, 15) is 18.0 Å². The Bertz CT molecular complexity index is 541. The van der Waals surface area contributed by atoms with Crippen LogP contribution in [0, 0.1) is 0 Å². The summed E-state index contributed by atoms with van der Waals surface area (Å²) in [6, 6.07) is 5.69. The molecule has 0 radical (unpaired) electrons. The fraction of sp³-hybridized carbons (Fsp3) is 0.529. The molecule has 1 rings (SSSR count). The van der Waals surface area contributed by atoms with Crippen LogP contribution in [0.25, 0.3) is 0 Å². The summed E-state index contributed by atoms with van der Waals surface area (Å²) < 4.78 is 39.2. The zero-order chi connectivity index (χ0) is 17.3. The lowest BCUT2D eigenvalue weighted by Crippen LogP contribution is -2.31. The van der Waals surface area contributed by atoms with Crippen molar-refractivity contribution in [1.82, 2.24) is 0 Å². The molecule has 0 spiro atoms. The van der Waals surface area contributed by atoms with Crippen molar-refractivity contribution in [3.05, 3.63) is 34.9 Å². The number of Topliss-reactive ketones (excluding diaryl/α,β-unsaturated/α-hetero) is 1. The molecule has 23 heavy (non-hydrogen) atoms. The van der Waals surface area contributed by atoms with Crippen LogP contribution < -0.4 is 0 Å². The lowest BCUT2D eigenvalue weighted by molar-refractivity contribution is -0.0583. The van der Waals surface area contributed by atoms with Crippen molar-refractivity contribution >= 4 is 23.1 Å². The summed E-state index contributed by atoms with van der Waals surface area (Å²) >= 11 is 5.80. The number of ketones is 1. The van der Waals surface area contributed by atoms with Crippen LogP contribution in [0.15, 0.2) is 29.3 Å². The Hall–Kier alpha value is -1.36. The summed E-state index contributed by atoms with van der Waals surface area (Å²) in [4.78, 5) is 15.6. The molecule has 0 aliphatic heterocycles. The number of benzene rings is 1. The van der Waals surface area contributed by atoms with E-state index in [0.717, 1.165) is 32.1 Å². The summed E-state index contributed by atoms with van der Waals surface area (Å²) in [7, 11) is 0. The molecule has 0 fully saturated rings. The molecule has 6 heteroatoms. The lowest BCUT2D eigenvalue weighted by Gasteiger charge is -2.10. The molecule has 0 saturated heterocycles. The molecule has 1 aromatic carbocycles. The monoisotopic (exact) mass is 347 g/mol. The molecule has 0 amide bonds. The zero-order valence-corrected chi connectivity index (χ0v) is 13.9. The topological polar surface area (TPSA) is 29.4 Å². The predicted molar refractivity (Wildman–Crippen MR) is 87.5 cm³/mol. The summed E-state index contributed by atoms with van der Waals surface area (Å²) in [5.41, 5.74) is -1.55. The summed E-state index contributed by atoms with van der Waals surface area (Å²) in [5, 5.41) is -0.00554. The quantitative estimate of drug-likeness (QED) is 0.311. The molecule has 0 heterocycles. The second-order valence-corrected chi connectivity index (χ2v) is 5.71. The minimum atomic E-state index is -4.78. The molecular weight excluding hydrogens is 327 g/mol. The highest BCUT2D eigenvalue weighted by molar-refractivity contribution is 6.50. The molecule has 0 saturated carbocycles. The number of hydrogen-bond acceptors (Lipinski definition) is 2. The third-order valence-electron chi connectivity index (χ3n) is 3.38. The Labute approximate surface area is 139 Å². The maximum atomic E-state index is 13.1. The predicted octanol–water partition coefficient (Wildman–Crippen LogP) is 5.89. The maximum absolute atomic E-state index is 13.1. The number of carbonyl (C=O) groups is 1. The molecule has 0 unspecified atom stereocenters. The minimum absolute atomic E-state index is 0.00282. The first kappa shape index (κ1) is 19.7. The number of alkyl halides is 3. The van der Waals surface area contributed by atoms with Crippen molar-refractivity contribution in [3.8, 4) is 0 Å².